The maximum Gasteiger partial charge on any atom is 0.165 e. The van der Waals surface area contributed by atoms with Crippen molar-refractivity contribution >= 4 is 5.78 Å². The Hall–Kier alpha value is -1.11. The highest BCUT2D eigenvalue weighted by atomic mass is 16.1. The minimum Gasteiger partial charge on any atom is -0.294 e. The van der Waals surface area contributed by atoms with E-state index in [4.69, 9.17) is 0 Å². The standard InChI is InChI=1S/C26H40O/c1-4-6-20-7-9-21(10-8-20)22-11-13-23(14-12-22)24-15-17-25(18-16-24)26(27)19(3)5-2/h15-23H,4-14H2,1-3H3. The Labute approximate surface area is 167 Å². The first-order valence-corrected chi connectivity index (χ1v) is 11.8. The van der Waals surface area contributed by atoms with E-state index in [0.29, 0.717) is 11.7 Å². The van der Waals surface area contributed by atoms with Crippen LogP contribution in [0.1, 0.15) is 113 Å². The number of hydrogen-bond donors (Lipinski definition) is 0. The molecule has 0 heterocycles. The summed E-state index contributed by atoms with van der Waals surface area (Å²) in [7, 11) is 0. The first kappa shape index (κ1) is 20.6. The van der Waals surface area contributed by atoms with Gasteiger partial charge in [0, 0.05) is 11.5 Å². The Kier molecular flexibility index (Phi) is 7.56. The molecule has 1 aromatic carbocycles. The second-order valence-corrected chi connectivity index (χ2v) is 9.48. The summed E-state index contributed by atoms with van der Waals surface area (Å²) in [5.41, 5.74) is 2.35. The van der Waals surface area contributed by atoms with Gasteiger partial charge in [-0.1, -0.05) is 70.7 Å². The van der Waals surface area contributed by atoms with Crippen LogP contribution < -0.4 is 0 Å². The average molecular weight is 369 g/mol. The van der Waals surface area contributed by atoms with Crippen molar-refractivity contribution in [1.29, 1.82) is 0 Å². The number of rotatable bonds is 7. The summed E-state index contributed by atoms with van der Waals surface area (Å²) in [6, 6.07) is 8.61. The molecule has 2 aliphatic carbocycles. The van der Waals surface area contributed by atoms with E-state index < -0.39 is 0 Å². The molecule has 1 heteroatoms. The van der Waals surface area contributed by atoms with Gasteiger partial charge in [-0.25, -0.2) is 0 Å². The van der Waals surface area contributed by atoms with Crippen LogP contribution in [-0.4, -0.2) is 5.78 Å². The van der Waals surface area contributed by atoms with Gasteiger partial charge in [-0.15, -0.1) is 0 Å². The monoisotopic (exact) mass is 368 g/mol. The third-order valence-electron chi connectivity index (χ3n) is 7.75. The van der Waals surface area contributed by atoms with Crippen molar-refractivity contribution < 1.29 is 4.79 Å². The molecule has 0 saturated heterocycles. The highest BCUT2D eigenvalue weighted by molar-refractivity contribution is 5.97. The molecule has 2 aliphatic rings. The molecular weight excluding hydrogens is 328 g/mol. The molecule has 0 aliphatic heterocycles. The van der Waals surface area contributed by atoms with Gasteiger partial charge in [0.25, 0.3) is 0 Å². The molecular formula is C26H40O. The second kappa shape index (κ2) is 9.89. The number of ketones is 1. The molecule has 1 atom stereocenters. The first-order chi connectivity index (χ1) is 13.1. The van der Waals surface area contributed by atoms with Crippen LogP contribution >= 0.6 is 0 Å². The molecule has 1 aromatic rings. The summed E-state index contributed by atoms with van der Waals surface area (Å²) in [4.78, 5) is 12.3. The van der Waals surface area contributed by atoms with Gasteiger partial charge < -0.3 is 0 Å². The van der Waals surface area contributed by atoms with Crippen molar-refractivity contribution in [3.63, 3.8) is 0 Å². The number of benzene rings is 1. The lowest BCUT2D eigenvalue weighted by Gasteiger charge is -2.38. The maximum atomic E-state index is 12.3. The largest absolute Gasteiger partial charge is 0.294 e. The summed E-state index contributed by atoms with van der Waals surface area (Å²) < 4.78 is 0. The van der Waals surface area contributed by atoms with Crippen LogP contribution in [0.4, 0.5) is 0 Å². The summed E-state index contributed by atoms with van der Waals surface area (Å²) in [5.74, 6) is 4.17. The fraction of sp³-hybridized carbons (Fsp3) is 0.731. The van der Waals surface area contributed by atoms with E-state index >= 15 is 0 Å². The third-order valence-corrected chi connectivity index (χ3v) is 7.75. The van der Waals surface area contributed by atoms with Crippen molar-refractivity contribution in [2.24, 2.45) is 23.7 Å². The molecule has 0 aromatic heterocycles. The smallest absolute Gasteiger partial charge is 0.165 e. The molecule has 150 valence electrons. The number of Topliss-reactive ketones (excluding diaryl/α,β-unsaturated/α-hetero) is 1. The lowest BCUT2D eigenvalue weighted by atomic mass is 9.68. The van der Waals surface area contributed by atoms with E-state index in [2.05, 4.69) is 38.1 Å². The Morgan fingerprint density at radius 3 is 1.96 bits per heavy atom. The molecule has 0 N–H and O–H groups in total. The summed E-state index contributed by atoms with van der Waals surface area (Å²) in [5, 5.41) is 0. The minimum atomic E-state index is 0.138. The quantitative estimate of drug-likeness (QED) is 0.449. The normalized spacial score (nSPS) is 30.0. The number of hydrogen-bond acceptors (Lipinski definition) is 1. The van der Waals surface area contributed by atoms with E-state index in [1.807, 2.05) is 6.92 Å². The molecule has 2 saturated carbocycles. The molecule has 0 bridgehead atoms. The molecule has 0 amide bonds. The second-order valence-electron chi connectivity index (χ2n) is 9.48. The van der Waals surface area contributed by atoms with Crippen LogP contribution in [-0.2, 0) is 0 Å². The van der Waals surface area contributed by atoms with Crippen LogP contribution in [0.2, 0.25) is 0 Å². The molecule has 0 radical (unpaired) electrons. The SMILES string of the molecule is CCCC1CCC(C2CCC(c3ccc(C(=O)C(C)CC)cc3)CC2)CC1. The van der Waals surface area contributed by atoms with Gasteiger partial charge in [0.05, 0.1) is 0 Å². The van der Waals surface area contributed by atoms with E-state index in [9.17, 15) is 4.79 Å². The highest BCUT2D eigenvalue weighted by Crippen LogP contribution is 2.44. The Bertz CT molecular complexity index is 571. The van der Waals surface area contributed by atoms with Gasteiger partial charge in [-0.2, -0.15) is 0 Å². The molecule has 1 unspecified atom stereocenters. The fourth-order valence-corrected chi connectivity index (χ4v) is 5.67. The van der Waals surface area contributed by atoms with Gasteiger partial charge in [-0.05, 0) is 74.2 Å². The van der Waals surface area contributed by atoms with E-state index in [1.54, 1.807) is 0 Å². The Morgan fingerprint density at radius 1 is 0.889 bits per heavy atom. The zero-order chi connectivity index (χ0) is 19.2. The van der Waals surface area contributed by atoms with Crippen molar-refractivity contribution in [3.8, 4) is 0 Å². The maximum absolute atomic E-state index is 12.3. The zero-order valence-electron chi connectivity index (χ0n) is 17.9. The fourth-order valence-electron chi connectivity index (χ4n) is 5.67. The van der Waals surface area contributed by atoms with Gasteiger partial charge in [0.15, 0.2) is 5.78 Å². The predicted molar refractivity (Wildman–Crippen MR) is 115 cm³/mol. The van der Waals surface area contributed by atoms with Crippen molar-refractivity contribution in [3.05, 3.63) is 35.4 Å². The summed E-state index contributed by atoms with van der Waals surface area (Å²) in [6.45, 7) is 6.46. The van der Waals surface area contributed by atoms with E-state index in [-0.39, 0.29) is 5.92 Å². The third kappa shape index (κ3) is 5.24. The lowest BCUT2D eigenvalue weighted by molar-refractivity contribution is 0.0927. The Balaban J connectivity index is 1.49. The molecule has 27 heavy (non-hydrogen) atoms. The number of carbonyl (C=O) groups is 1. The molecule has 3 rings (SSSR count). The summed E-state index contributed by atoms with van der Waals surface area (Å²) in [6.07, 6.45) is 15.2. The van der Waals surface area contributed by atoms with E-state index in [0.717, 1.165) is 29.7 Å². The first-order valence-electron chi connectivity index (χ1n) is 11.8. The van der Waals surface area contributed by atoms with Crippen LogP contribution in [0, 0.1) is 23.7 Å². The van der Waals surface area contributed by atoms with Crippen LogP contribution in [0.15, 0.2) is 24.3 Å². The van der Waals surface area contributed by atoms with Crippen molar-refractivity contribution in [1.82, 2.24) is 0 Å². The summed E-state index contributed by atoms with van der Waals surface area (Å²) >= 11 is 0. The van der Waals surface area contributed by atoms with Gasteiger partial charge in [0.2, 0.25) is 0 Å². The Morgan fingerprint density at radius 2 is 1.44 bits per heavy atom. The van der Waals surface area contributed by atoms with Gasteiger partial charge >= 0.3 is 0 Å². The van der Waals surface area contributed by atoms with E-state index in [1.165, 1.54) is 69.8 Å². The van der Waals surface area contributed by atoms with Crippen LogP contribution in [0.5, 0.6) is 0 Å². The van der Waals surface area contributed by atoms with Crippen LogP contribution in [0.3, 0.4) is 0 Å². The van der Waals surface area contributed by atoms with Crippen molar-refractivity contribution in [2.75, 3.05) is 0 Å². The lowest BCUT2D eigenvalue weighted by Crippen LogP contribution is -2.25. The highest BCUT2D eigenvalue weighted by Gasteiger charge is 2.31. The molecule has 2 fully saturated rings. The average Bonchev–Trinajstić information content (AvgIpc) is 2.74. The molecule has 1 nitrogen and oxygen atoms in total. The molecule has 0 spiro atoms. The zero-order valence-corrected chi connectivity index (χ0v) is 17.9. The number of carbonyl (C=O) groups excluding carboxylic acids is 1. The predicted octanol–water partition coefficient (Wildman–Crippen LogP) is 7.80. The van der Waals surface area contributed by atoms with Gasteiger partial charge in [0.1, 0.15) is 0 Å². The topological polar surface area (TPSA) is 17.1 Å². The van der Waals surface area contributed by atoms with Crippen molar-refractivity contribution in [2.45, 2.75) is 97.3 Å². The van der Waals surface area contributed by atoms with Gasteiger partial charge in [-0.3, -0.25) is 4.79 Å². The van der Waals surface area contributed by atoms with Crippen LogP contribution in [0.25, 0.3) is 0 Å². The minimum absolute atomic E-state index is 0.138.